The number of carbonyl (C=O) groups is 1. The Morgan fingerprint density at radius 2 is 2.21 bits per heavy atom. The van der Waals surface area contributed by atoms with Crippen molar-refractivity contribution in [2.75, 3.05) is 7.11 Å². The van der Waals surface area contributed by atoms with Crippen LogP contribution in [0, 0.1) is 30.1 Å². The Hall–Kier alpha value is -1.83. The van der Waals surface area contributed by atoms with E-state index in [1.165, 1.54) is 7.11 Å². The number of ether oxygens (including phenoxy) is 1. The molecule has 102 valence electrons. The average molecular weight is 261 g/mol. The summed E-state index contributed by atoms with van der Waals surface area (Å²) in [5.74, 6) is 0.484. The van der Waals surface area contributed by atoms with Gasteiger partial charge in [0.15, 0.2) is 0 Å². The summed E-state index contributed by atoms with van der Waals surface area (Å²) in [7, 11) is 1.45. The van der Waals surface area contributed by atoms with Gasteiger partial charge < -0.3 is 9.30 Å². The van der Waals surface area contributed by atoms with E-state index in [9.17, 15) is 4.79 Å². The van der Waals surface area contributed by atoms with Crippen LogP contribution in [0.3, 0.4) is 0 Å². The Balaban J connectivity index is 1.93. The molecule has 0 spiro atoms. The highest BCUT2D eigenvalue weighted by Crippen LogP contribution is 2.30. The fraction of sp³-hybridized carbons (Fsp3) is 0.643. The molecule has 0 aromatic carbocycles. The lowest BCUT2D eigenvalue weighted by Crippen LogP contribution is -2.25. The number of aromatic nitrogens is 2. The lowest BCUT2D eigenvalue weighted by Gasteiger charge is -2.27. The lowest BCUT2D eigenvalue weighted by molar-refractivity contribution is -0.146. The Bertz CT molecular complexity index is 493. The maximum atomic E-state index is 11.5. The van der Waals surface area contributed by atoms with Crippen LogP contribution >= 0.6 is 0 Å². The number of esters is 1. The van der Waals surface area contributed by atoms with Crippen molar-refractivity contribution < 1.29 is 9.53 Å². The van der Waals surface area contributed by atoms with Gasteiger partial charge in [-0.15, -0.1) is 0 Å². The van der Waals surface area contributed by atoms with Gasteiger partial charge in [-0.05, 0) is 38.5 Å². The molecular weight excluding hydrogens is 242 g/mol. The predicted octanol–water partition coefficient (Wildman–Crippen LogP) is 2.04. The van der Waals surface area contributed by atoms with E-state index in [0.29, 0.717) is 11.6 Å². The van der Waals surface area contributed by atoms with Crippen molar-refractivity contribution in [1.82, 2.24) is 9.55 Å². The summed E-state index contributed by atoms with van der Waals surface area (Å²) < 4.78 is 6.71. The van der Waals surface area contributed by atoms with Crippen LogP contribution in [0.15, 0.2) is 6.33 Å². The summed E-state index contributed by atoms with van der Waals surface area (Å²) in [4.78, 5) is 15.6. The van der Waals surface area contributed by atoms with Gasteiger partial charge in [-0.2, -0.15) is 5.26 Å². The third kappa shape index (κ3) is 2.95. The maximum Gasteiger partial charge on any atom is 0.308 e. The third-order valence-electron chi connectivity index (χ3n) is 3.96. The predicted molar refractivity (Wildman–Crippen MR) is 69.1 cm³/mol. The van der Waals surface area contributed by atoms with Crippen LogP contribution < -0.4 is 0 Å². The molecule has 0 amide bonds. The number of hydrogen-bond acceptors (Lipinski definition) is 4. The SMILES string of the molecule is COC(=O)C1CCC(Cn2cnc(C)c2C#N)CC1. The number of imidazole rings is 1. The standard InChI is InChI=1S/C14H19N3O2/c1-10-13(7-15)17(9-16-10)8-11-3-5-12(6-4-11)14(18)19-2/h9,11-12H,3-6,8H2,1-2H3. The molecule has 1 aromatic heterocycles. The number of nitriles is 1. The molecule has 5 nitrogen and oxygen atoms in total. The lowest BCUT2D eigenvalue weighted by atomic mass is 9.82. The van der Waals surface area contributed by atoms with E-state index in [0.717, 1.165) is 37.9 Å². The number of aryl methyl sites for hydroxylation is 1. The molecule has 0 bridgehead atoms. The first kappa shape index (κ1) is 13.6. The zero-order valence-corrected chi connectivity index (χ0v) is 11.4. The first-order chi connectivity index (χ1) is 9.15. The van der Waals surface area contributed by atoms with Crippen molar-refractivity contribution in [3.05, 3.63) is 17.7 Å². The summed E-state index contributed by atoms with van der Waals surface area (Å²) in [6.07, 6.45) is 5.50. The number of rotatable bonds is 3. The summed E-state index contributed by atoms with van der Waals surface area (Å²) in [6.45, 7) is 2.67. The Labute approximate surface area is 113 Å². The fourth-order valence-corrected chi connectivity index (χ4v) is 2.79. The number of hydrogen-bond donors (Lipinski definition) is 0. The molecule has 1 aromatic rings. The van der Waals surface area contributed by atoms with Gasteiger partial charge in [-0.3, -0.25) is 4.79 Å². The summed E-state index contributed by atoms with van der Waals surface area (Å²) in [6, 6.07) is 2.20. The highest BCUT2D eigenvalue weighted by molar-refractivity contribution is 5.72. The molecule has 0 N–H and O–H groups in total. The average Bonchev–Trinajstić information content (AvgIpc) is 2.79. The first-order valence-electron chi connectivity index (χ1n) is 6.65. The van der Waals surface area contributed by atoms with Gasteiger partial charge in [0.2, 0.25) is 0 Å². The van der Waals surface area contributed by atoms with E-state index in [4.69, 9.17) is 10.00 Å². The second-order valence-electron chi connectivity index (χ2n) is 5.18. The van der Waals surface area contributed by atoms with E-state index >= 15 is 0 Å². The summed E-state index contributed by atoms with van der Waals surface area (Å²) in [5, 5.41) is 9.09. The van der Waals surface area contributed by atoms with Crippen LogP contribution in [-0.4, -0.2) is 22.6 Å². The minimum Gasteiger partial charge on any atom is -0.469 e. The van der Waals surface area contributed by atoms with Crippen LogP contribution in [0.2, 0.25) is 0 Å². The summed E-state index contributed by atoms with van der Waals surface area (Å²) in [5.41, 5.74) is 1.43. The van der Waals surface area contributed by atoms with Gasteiger partial charge in [-0.1, -0.05) is 0 Å². The van der Waals surface area contributed by atoms with E-state index in [-0.39, 0.29) is 11.9 Å². The van der Waals surface area contributed by atoms with Crippen LogP contribution in [0.4, 0.5) is 0 Å². The second-order valence-corrected chi connectivity index (χ2v) is 5.18. The molecule has 19 heavy (non-hydrogen) atoms. The van der Waals surface area contributed by atoms with Crippen LogP contribution in [0.25, 0.3) is 0 Å². The highest BCUT2D eigenvalue weighted by atomic mass is 16.5. The normalized spacial score (nSPS) is 22.8. The molecule has 1 fully saturated rings. The first-order valence-corrected chi connectivity index (χ1v) is 6.65. The van der Waals surface area contributed by atoms with E-state index in [1.807, 2.05) is 11.5 Å². The third-order valence-corrected chi connectivity index (χ3v) is 3.96. The van der Waals surface area contributed by atoms with Crippen molar-refractivity contribution in [2.45, 2.75) is 39.2 Å². The van der Waals surface area contributed by atoms with Crippen molar-refractivity contribution in [2.24, 2.45) is 11.8 Å². The molecule has 1 heterocycles. The number of methoxy groups -OCH3 is 1. The Kier molecular flexibility index (Phi) is 4.20. The van der Waals surface area contributed by atoms with Gasteiger partial charge in [0.05, 0.1) is 25.0 Å². The zero-order valence-electron chi connectivity index (χ0n) is 11.4. The molecule has 1 aliphatic rings. The summed E-state index contributed by atoms with van der Waals surface area (Å²) >= 11 is 0. The molecule has 2 rings (SSSR count). The van der Waals surface area contributed by atoms with Gasteiger partial charge in [0.1, 0.15) is 11.8 Å². The Morgan fingerprint density at radius 3 is 2.79 bits per heavy atom. The molecule has 0 aliphatic heterocycles. The van der Waals surface area contributed by atoms with Crippen LogP contribution in [0.5, 0.6) is 0 Å². The second kappa shape index (κ2) is 5.87. The van der Waals surface area contributed by atoms with Crippen molar-refractivity contribution in [3.63, 3.8) is 0 Å². The van der Waals surface area contributed by atoms with Crippen molar-refractivity contribution >= 4 is 5.97 Å². The maximum absolute atomic E-state index is 11.5. The quantitative estimate of drug-likeness (QED) is 0.781. The van der Waals surface area contributed by atoms with Gasteiger partial charge in [0, 0.05) is 6.54 Å². The molecular formula is C14H19N3O2. The molecule has 0 unspecified atom stereocenters. The minimum atomic E-state index is -0.0883. The highest BCUT2D eigenvalue weighted by Gasteiger charge is 2.27. The molecule has 5 heteroatoms. The van der Waals surface area contributed by atoms with Crippen molar-refractivity contribution in [3.8, 4) is 6.07 Å². The molecule has 1 saturated carbocycles. The number of carbonyl (C=O) groups excluding carboxylic acids is 1. The minimum absolute atomic E-state index is 0.0567. The van der Waals surface area contributed by atoms with Gasteiger partial charge >= 0.3 is 5.97 Å². The largest absolute Gasteiger partial charge is 0.469 e. The van der Waals surface area contributed by atoms with Crippen LogP contribution in [-0.2, 0) is 16.1 Å². The Morgan fingerprint density at radius 1 is 1.53 bits per heavy atom. The molecule has 1 aliphatic carbocycles. The molecule has 0 radical (unpaired) electrons. The molecule has 0 saturated heterocycles. The van der Waals surface area contributed by atoms with Crippen LogP contribution in [0.1, 0.15) is 37.1 Å². The van der Waals surface area contributed by atoms with E-state index in [2.05, 4.69) is 11.1 Å². The van der Waals surface area contributed by atoms with Crippen molar-refractivity contribution in [1.29, 1.82) is 5.26 Å². The van der Waals surface area contributed by atoms with E-state index in [1.54, 1.807) is 6.33 Å². The topological polar surface area (TPSA) is 67.9 Å². The smallest absolute Gasteiger partial charge is 0.308 e. The van der Waals surface area contributed by atoms with Gasteiger partial charge in [0.25, 0.3) is 0 Å². The monoisotopic (exact) mass is 261 g/mol. The van der Waals surface area contributed by atoms with Gasteiger partial charge in [-0.25, -0.2) is 4.98 Å². The molecule has 0 atom stereocenters. The zero-order chi connectivity index (χ0) is 13.8. The van der Waals surface area contributed by atoms with E-state index < -0.39 is 0 Å². The number of nitrogens with zero attached hydrogens (tertiary/aromatic N) is 3. The fourth-order valence-electron chi connectivity index (χ4n) is 2.79.